The van der Waals surface area contributed by atoms with E-state index in [1.807, 2.05) is 34.5 Å². The Kier molecular flexibility index (Phi) is 6.53. The predicted molar refractivity (Wildman–Crippen MR) is 131 cm³/mol. The summed E-state index contributed by atoms with van der Waals surface area (Å²) < 4.78 is 1.96. The minimum Gasteiger partial charge on any atom is -0.287 e. The Morgan fingerprint density at radius 3 is 2.87 bits per heavy atom. The van der Waals surface area contributed by atoms with Crippen LogP contribution in [0, 0.1) is 0 Å². The number of benzene rings is 1. The smallest absolute Gasteiger partial charge is 0.258 e. The number of hydrogen-bond acceptors (Lipinski definition) is 6. The first-order valence-corrected chi connectivity index (χ1v) is 13.9. The number of thioether (sulfide) groups is 2. The van der Waals surface area contributed by atoms with Crippen LogP contribution in [0.25, 0.3) is 10.6 Å². The lowest BCUT2D eigenvalue weighted by atomic mass is 10.0. The van der Waals surface area contributed by atoms with E-state index in [9.17, 15) is 4.79 Å². The lowest BCUT2D eigenvalue weighted by Gasteiger charge is -2.15. The Labute approximate surface area is 195 Å². The Morgan fingerprint density at radius 2 is 2.03 bits per heavy atom. The molecule has 4 nitrogen and oxygen atoms in total. The number of nitrogens with zero attached hydrogens (tertiary/aromatic N) is 3. The van der Waals surface area contributed by atoms with Crippen LogP contribution in [0.15, 0.2) is 50.7 Å². The molecule has 1 saturated carbocycles. The molecule has 162 valence electrons. The van der Waals surface area contributed by atoms with E-state index in [1.54, 1.807) is 23.1 Å². The van der Waals surface area contributed by atoms with E-state index in [0.29, 0.717) is 11.2 Å². The monoisotopic (exact) mass is 469 g/mol. The van der Waals surface area contributed by atoms with Crippen LogP contribution in [-0.4, -0.2) is 19.8 Å². The van der Waals surface area contributed by atoms with Crippen LogP contribution >= 0.6 is 34.9 Å². The Hall–Kier alpha value is -1.57. The van der Waals surface area contributed by atoms with Crippen molar-refractivity contribution < 1.29 is 0 Å². The molecule has 3 heterocycles. The standard InChI is InChI=1S/C24H27N3OS3/c1-2-3-7-13-27-23(28)20-18-11-8-12-19(18)31-22(20)26-24(27)30-15-17-14-29-21(25-17)16-9-5-4-6-10-16/h4-6,9-10,14,18-19H,2-3,7-8,11-13,15H2,1H3. The molecular formula is C24H27N3OS3. The summed E-state index contributed by atoms with van der Waals surface area (Å²) in [6.45, 7) is 2.97. The van der Waals surface area contributed by atoms with Gasteiger partial charge in [0, 0.05) is 34.4 Å². The molecule has 0 N–H and O–H groups in total. The summed E-state index contributed by atoms with van der Waals surface area (Å²) in [5.74, 6) is 1.16. The van der Waals surface area contributed by atoms with E-state index in [4.69, 9.17) is 9.97 Å². The van der Waals surface area contributed by atoms with Gasteiger partial charge < -0.3 is 0 Å². The van der Waals surface area contributed by atoms with Gasteiger partial charge >= 0.3 is 0 Å². The van der Waals surface area contributed by atoms with Crippen LogP contribution < -0.4 is 5.56 Å². The minimum atomic E-state index is 0.216. The van der Waals surface area contributed by atoms with E-state index < -0.39 is 0 Å². The topological polar surface area (TPSA) is 47.8 Å². The van der Waals surface area contributed by atoms with E-state index in [0.717, 1.165) is 70.0 Å². The fraction of sp³-hybridized carbons (Fsp3) is 0.458. The van der Waals surface area contributed by atoms with Gasteiger partial charge in [0.05, 0.1) is 11.3 Å². The summed E-state index contributed by atoms with van der Waals surface area (Å²) in [6, 6.07) is 10.3. The molecule has 2 atom stereocenters. The second kappa shape index (κ2) is 9.51. The van der Waals surface area contributed by atoms with Crippen molar-refractivity contribution in [2.45, 2.75) is 79.1 Å². The third-order valence-corrected chi connectivity index (χ3v) is 9.48. The highest BCUT2D eigenvalue weighted by Crippen LogP contribution is 2.51. The van der Waals surface area contributed by atoms with Crippen molar-refractivity contribution in [2.75, 3.05) is 0 Å². The van der Waals surface area contributed by atoms with Crippen molar-refractivity contribution in [3.8, 4) is 10.6 Å². The van der Waals surface area contributed by atoms with Crippen molar-refractivity contribution in [1.82, 2.24) is 14.5 Å². The normalized spacial score (nSPS) is 19.5. The zero-order chi connectivity index (χ0) is 21.2. The van der Waals surface area contributed by atoms with Crippen LogP contribution in [0.1, 0.15) is 62.6 Å². The molecule has 0 bridgehead atoms. The molecule has 0 amide bonds. The Bertz CT molecular complexity index is 1110. The molecule has 31 heavy (non-hydrogen) atoms. The van der Waals surface area contributed by atoms with Gasteiger partial charge in [0.1, 0.15) is 10.0 Å². The maximum absolute atomic E-state index is 13.5. The Morgan fingerprint density at radius 1 is 1.16 bits per heavy atom. The molecule has 1 aromatic carbocycles. The maximum atomic E-state index is 13.5. The fourth-order valence-corrected chi connectivity index (χ4v) is 7.94. The van der Waals surface area contributed by atoms with Crippen LogP contribution in [0.5, 0.6) is 0 Å². The van der Waals surface area contributed by atoms with Gasteiger partial charge in [0.15, 0.2) is 5.16 Å². The van der Waals surface area contributed by atoms with E-state index >= 15 is 0 Å². The van der Waals surface area contributed by atoms with Crippen molar-refractivity contribution in [2.24, 2.45) is 0 Å². The van der Waals surface area contributed by atoms with Gasteiger partial charge in [-0.1, -0.05) is 68.3 Å². The highest BCUT2D eigenvalue weighted by Gasteiger charge is 2.40. The third-order valence-electron chi connectivity index (χ3n) is 6.13. The number of unbranched alkanes of at least 4 members (excludes halogenated alkanes) is 2. The molecule has 2 aliphatic rings. The molecular weight excluding hydrogens is 442 g/mol. The zero-order valence-electron chi connectivity index (χ0n) is 17.8. The molecule has 7 heteroatoms. The summed E-state index contributed by atoms with van der Waals surface area (Å²) in [5.41, 5.74) is 3.43. The number of aromatic nitrogens is 3. The average molecular weight is 470 g/mol. The van der Waals surface area contributed by atoms with Gasteiger partial charge in [0.25, 0.3) is 5.56 Å². The summed E-state index contributed by atoms with van der Waals surface area (Å²) in [7, 11) is 0. The summed E-state index contributed by atoms with van der Waals surface area (Å²) in [6.07, 6.45) is 6.91. The molecule has 0 radical (unpaired) electrons. The van der Waals surface area contributed by atoms with Gasteiger partial charge in [0.2, 0.25) is 0 Å². The second-order valence-electron chi connectivity index (χ2n) is 8.27. The lowest BCUT2D eigenvalue weighted by Crippen LogP contribution is -2.28. The second-order valence-corrected chi connectivity index (χ2v) is 11.3. The van der Waals surface area contributed by atoms with Crippen LogP contribution in [0.2, 0.25) is 0 Å². The fourth-order valence-electron chi connectivity index (χ4n) is 4.53. The number of thiazole rings is 1. The van der Waals surface area contributed by atoms with Crippen molar-refractivity contribution in [3.05, 3.63) is 57.3 Å². The van der Waals surface area contributed by atoms with Gasteiger partial charge in [-0.2, -0.15) is 0 Å². The molecule has 1 aliphatic carbocycles. The lowest BCUT2D eigenvalue weighted by molar-refractivity contribution is 0.515. The summed E-state index contributed by atoms with van der Waals surface area (Å²) in [5, 5.41) is 5.59. The number of fused-ring (bicyclic) bond motifs is 3. The molecule has 3 aromatic rings. The largest absolute Gasteiger partial charge is 0.287 e. The molecule has 0 spiro atoms. The number of hydrogen-bond donors (Lipinski definition) is 0. The first-order chi connectivity index (χ1) is 15.2. The minimum absolute atomic E-state index is 0.216. The van der Waals surface area contributed by atoms with Crippen molar-refractivity contribution in [3.63, 3.8) is 0 Å². The van der Waals surface area contributed by atoms with Gasteiger partial charge in [-0.05, 0) is 19.3 Å². The highest BCUT2D eigenvalue weighted by atomic mass is 32.2. The zero-order valence-corrected chi connectivity index (χ0v) is 20.2. The molecule has 1 fully saturated rings. The SMILES string of the molecule is CCCCCn1c(SCc2csc(-c3ccccc3)n2)nc2c(c1=O)C1CCCC1S2. The predicted octanol–water partition coefficient (Wildman–Crippen LogP) is 6.59. The first-order valence-electron chi connectivity index (χ1n) is 11.2. The quantitative estimate of drug-likeness (QED) is 0.161. The van der Waals surface area contributed by atoms with Crippen molar-refractivity contribution >= 4 is 34.9 Å². The third kappa shape index (κ3) is 4.37. The van der Waals surface area contributed by atoms with Crippen LogP contribution in [-0.2, 0) is 12.3 Å². The van der Waals surface area contributed by atoms with Crippen LogP contribution in [0.3, 0.4) is 0 Å². The Balaban J connectivity index is 1.39. The van der Waals surface area contributed by atoms with Gasteiger partial charge in [-0.3, -0.25) is 9.36 Å². The highest BCUT2D eigenvalue weighted by molar-refractivity contribution is 8.00. The molecule has 2 aromatic heterocycles. The molecule has 5 rings (SSSR count). The van der Waals surface area contributed by atoms with Gasteiger partial charge in [-0.25, -0.2) is 9.97 Å². The molecule has 2 unspecified atom stereocenters. The van der Waals surface area contributed by atoms with Gasteiger partial charge in [-0.15, -0.1) is 23.1 Å². The van der Waals surface area contributed by atoms with E-state index in [-0.39, 0.29) is 5.56 Å². The average Bonchev–Trinajstić information content (AvgIpc) is 3.50. The molecule has 0 saturated heterocycles. The van der Waals surface area contributed by atoms with Crippen molar-refractivity contribution in [1.29, 1.82) is 0 Å². The van der Waals surface area contributed by atoms with E-state index in [2.05, 4.69) is 24.4 Å². The van der Waals surface area contributed by atoms with Crippen LogP contribution in [0.4, 0.5) is 0 Å². The summed E-state index contributed by atoms with van der Waals surface area (Å²) in [4.78, 5) is 23.3. The molecule has 1 aliphatic heterocycles. The van der Waals surface area contributed by atoms with E-state index in [1.165, 1.54) is 12.8 Å². The maximum Gasteiger partial charge on any atom is 0.258 e. The first kappa shape index (κ1) is 21.3. The number of rotatable bonds is 8. The summed E-state index contributed by atoms with van der Waals surface area (Å²) >= 11 is 5.18.